The molecule has 1 fully saturated rings. The summed E-state index contributed by atoms with van der Waals surface area (Å²) in [5.41, 5.74) is 0. The highest BCUT2D eigenvalue weighted by Gasteiger charge is 2.11. The first-order valence-corrected chi connectivity index (χ1v) is 20.4. The molecule has 0 aromatic rings. The highest BCUT2D eigenvalue weighted by atomic mass is 16.6. The van der Waals surface area contributed by atoms with Crippen molar-refractivity contribution < 1.29 is 76.3 Å². The third-order valence-electron chi connectivity index (χ3n) is 8.31. The molecule has 1 heterocycles. The van der Waals surface area contributed by atoms with Crippen LogP contribution in [-0.4, -0.2) is 101 Å². The Morgan fingerprint density at radius 3 is 0.393 bits per heavy atom. The molecular weight excluding hydrogens is 736 g/mol. The first-order chi connectivity index (χ1) is 27.2. The Bertz CT molecular complexity index is 889. The summed E-state index contributed by atoms with van der Waals surface area (Å²) in [6.45, 7) is 1.65. The van der Waals surface area contributed by atoms with E-state index in [4.69, 9.17) is 37.9 Å². The average molecular weight is 801 g/mol. The molecule has 320 valence electrons. The second kappa shape index (κ2) is 35.2. The maximum atomic E-state index is 11.9. The van der Waals surface area contributed by atoms with Gasteiger partial charge in [0, 0.05) is 51.4 Å². The van der Waals surface area contributed by atoms with Gasteiger partial charge in [-0.25, -0.2) is 0 Å². The molecule has 0 aromatic heterocycles. The topological polar surface area (TPSA) is 210 Å². The minimum atomic E-state index is -0.360. The Hall–Kier alpha value is -4.24. The molecule has 0 amide bonds. The Labute approximate surface area is 330 Å². The van der Waals surface area contributed by atoms with Crippen LogP contribution in [0.25, 0.3) is 0 Å². The molecule has 0 saturated carbocycles. The maximum Gasteiger partial charge on any atom is 0.305 e. The molecule has 0 aliphatic carbocycles. The molecular formula is C40H64O16. The van der Waals surface area contributed by atoms with Crippen LogP contribution in [0.2, 0.25) is 0 Å². The number of cyclic esters (lactones) is 8. The number of carbonyl (C=O) groups excluding carboxylic acids is 8. The van der Waals surface area contributed by atoms with E-state index >= 15 is 0 Å². The van der Waals surface area contributed by atoms with Crippen LogP contribution in [0, 0.1) is 0 Å². The zero-order valence-corrected chi connectivity index (χ0v) is 33.2. The Balaban J connectivity index is 2.31. The monoisotopic (exact) mass is 800 g/mol. The van der Waals surface area contributed by atoms with Gasteiger partial charge in [-0.3, -0.25) is 38.4 Å². The van der Waals surface area contributed by atoms with Gasteiger partial charge < -0.3 is 37.9 Å². The standard InChI is InChI=1S/C40H64O16/c41-33-17-1-2-18-34(42)50-26-11-12-28-52-36(44)20-5-6-22-38(46)54-30-15-16-32-56-40(48)24-8-7-23-39(47)55-31-14-13-29-53-37(45)21-4-3-19-35(43)51-27-10-9-25-49-33/h1-32H2. The lowest BCUT2D eigenvalue weighted by Crippen LogP contribution is -2.11. The summed E-state index contributed by atoms with van der Waals surface area (Å²) in [7, 11) is 0. The number of ether oxygens (including phenoxy) is 8. The SMILES string of the molecule is O=C1CCCCC(=O)OCCCCOC(=O)CCCCC(=O)OCCCCOC(=O)CCCCC(=O)OCCCCOC(=O)CCCCC(=O)OCCCCO1. The molecule has 0 N–H and O–H groups in total. The van der Waals surface area contributed by atoms with E-state index in [0.717, 1.165) is 0 Å². The minimum Gasteiger partial charge on any atom is -0.466 e. The van der Waals surface area contributed by atoms with E-state index in [9.17, 15) is 38.4 Å². The second-order valence-corrected chi connectivity index (χ2v) is 13.4. The van der Waals surface area contributed by atoms with Crippen molar-refractivity contribution in [2.24, 2.45) is 0 Å². The number of hydrogen-bond acceptors (Lipinski definition) is 16. The van der Waals surface area contributed by atoms with Gasteiger partial charge in [-0.15, -0.1) is 0 Å². The van der Waals surface area contributed by atoms with Crippen molar-refractivity contribution in [1.82, 2.24) is 0 Å². The fourth-order valence-electron chi connectivity index (χ4n) is 5.04. The molecule has 0 spiro atoms. The number of carbonyl (C=O) groups is 8. The molecule has 1 saturated heterocycles. The Kier molecular flexibility index (Phi) is 31.3. The van der Waals surface area contributed by atoms with Crippen molar-refractivity contribution in [1.29, 1.82) is 0 Å². The molecule has 1 aliphatic heterocycles. The lowest BCUT2D eigenvalue weighted by molar-refractivity contribution is -0.147. The molecule has 0 aromatic carbocycles. The summed E-state index contributed by atoms with van der Waals surface area (Å²) < 4.78 is 41.5. The van der Waals surface area contributed by atoms with E-state index in [1.165, 1.54) is 0 Å². The highest BCUT2D eigenvalue weighted by molar-refractivity contribution is 5.72. The predicted molar refractivity (Wildman–Crippen MR) is 198 cm³/mol. The molecule has 56 heavy (non-hydrogen) atoms. The van der Waals surface area contributed by atoms with Gasteiger partial charge in [0.05, 0.1) is 52.9 Å². The predicted octanol–water partition coefficient (Wildman–Crippen LogP) is 5.71. The van der Waals surface area contributed by atoms with Crippen molar-refractivity contribution in [2.75, 3.05) is 52.9 Å². The van der Waals surface area contributed by atoms with Gasteiger partial charge in [-0.1, -0.05) is 0 Å². The Morgan fingerprint density at radius 2 is 0.286 bits per heavy atom. The smallest absolute Gasteiger partial charge is 0.305 e. The summed E-state index contributed by atoms with van der Waals surface area (Å²) >= 11 is 0. The molecule has 0 atom stereocenters. The van der Waals surface area contributed by atoms with Crippen LogP contribution in [0.15, 0.2) is 0 Å². The van der Waals surface area contributed by atoms with Gasteiger partial charge in [0.15, 0.2) is 0 Å². The zero-order valence-electron chi connectivity index (χ0n) is 33.2. The zero-order chi connectivity index (χ0) is 40.9. The van der Waals surface area contributed by atoms with Crippen LogP contribution in [0.5, 0.6) is 0 Å². The van der Waals surface area contributed by atoms with Gasteiger partial charge in [0.1, 0.15) is 0 Å². The van der Waals surface area contributed by atoms with Crippen LogP contribution in [0.3, 0.4) is 0 Å². The molecule has 16 heteroatoms. The van der Waals surface area contributed by atoms with E-state index in [2.05, 4.69) is 0 Å². The lowest BCUT2D eigenvalue weighted by Gasteiger charge is -2.08. The second-order valence-electron chi connectivity index (χ2n) is 13.4. The fourth-order valence-corrected chi connectivity index (χ4v) is 5.04. The number of esters is 8. The minimum absolute atomic E-state index is 0.184. The third-order valence-corrected chi connectivity index (χ3v) is 8.31. The first-order valence-electron chi connectivity index (χ1n) is 20.4. The van der Waals surface area contributed by atoms with Crippen molar-refractivity contribution >= 4 is 47.8 Å². The van der Waals surface area contributed by atoms with Crippen LogP contribution in [-0.2, 0) is 76.3 Å². The van der Waals surface area contributed by atoms with Crippen LogP contribution in [0.4, 0.5) is 0 Å². The van der Waals surface area contributed by atoms with Gasteiger partial charge in [0.2, 0.25) is 0 Å². The van der Waals surface area contributed by atoms with E-state index in [1.54, 1.807) is 0 Å². The maximum absolute atomic E-state index is 11.9. The van der Waals surface area contributed by atoms with E-state index in [-0.39, 0.29) is 152 Å². The summed E-state index contributed by atoms with van der Waals surface area (Å²) in [6.07, 6.45) is 9.65. The highest BCUT2D eigenvalue weighted by Crippen LogP contribution is 2.09. The molecule has 0 unspecified atom stereocenters. The van der Waals surface area contributed by atoms with Crippen LogP contribution >= 0.6 is 0 Å². The van der Waals surface area contributed by atoms with Crippen LogP contribution in [0.1, 0.15) is 154 Å². The number of rotatable bonds is 0. The third kappa shape index (κ3) is 33.1. The van der Waals surface area contributed by atoms with E-state index in [0.29, 0.717) is 103 Å². The average Bonchev–Trinajstić information content (AvgIpc) is 3.17. The summed E-state index contributed by atoms with van der Waals surface area (Å²) in [5.74, 6) is -2.88. The summed E-state index contributed by atoms with van der Waals surface area (Å²) in [4.78, 5) is 95.4. The summed E-state index contributed by atoms with van der Waals surface area (Å²) in [5, 5.41) is 0. The van der Waals surface area contributed by atoms with Gasteiger partial charge >= 0.3 is 47.8 Å². The van der Waals surface area contributed by atoms with Crippen molar-refractivity contribution in [2.45, 2.75) is 154 Å². The fraction of sp³-hybridized carbons (Fsp3) is 0.800. The first kappa shape index (κ1) is 49.8. The molecule has 16 nitrogen and oxygen atoms in total. The quantitative estimate of drug-likeness (QED) is 0.212. The van der Waals surface area contributed by atoms with Crippen molar-refractivity contribution in [3.63, 3.8) is 0 Å². The molecule has 1 rings (SSSR count). The van der Waals surface area contributed by atoms with Gasteiger partial charge in [-0.05, 0) is 103 Å². The largest absolute Gasteiger partial charge is 0.466 e. The van der Waals surface area contributed by atoms with Crippen molar-refractivity contribution in [3.05, 3.63) is 0 Å². The van der Waals surface area contributed by atoms with E-state index < -0.39 is 0 Å². The molecule has 0 radical (unpaired) electrons. The Morgan fingerprint density at radius 1 is 0.179 bits per heavy atom. The van der Waals surface area contributed by atoms with Gasteiger partial charge in [0.25, 0.3) is 0 Å². The van der Waals surface area contributed by atoms with E-state index in [1.807, 2.05) is 0 Å². The molecule has 1 aliphatic rings. The lowest BCUT2D eigenvalue weighted by atomic mass is 10.2. The molecule has 0 bridgehead atoms. The number of hydrogen-bond donors (Lipinski definition) is 0. The summed E-state index contributed by atoms with van der Waals surface area (Å²) in [6, 6.07) is 0. The van der Waals surface area contributed by atoms with Gasteiger partial charge in [-0.2, -0.15) is 0 Å². The van der Waals surface area contributed by atoms with Crippen LogP contribution < -0.4 is 0 Å². The normalized spacial score (nSPS) is 21.4. The van der Waals surface area contributed by atoms with Crippen molar-refractivity contribution in [3.8, 4) is 0 Å².